The van der Waals surface area contributed by atoms with Crippen LogP contribution in [0.15, 0.2) is 77.6 Å². The van der Waals surface area contributed by atoms with E-state index in [-0.39, 0.29) is 5.56 Å². The molecule has 0 spiro atoms. The summed E-state index contributed by atoms with van der Waals surface area (Å²) in [5.74, 6) is 1.38. The molecular weight excluding hydrogens is 424 g/mol. The number of benzene rings is 3. The SMILES string of the molecule is COc1ccccc1-n1c(CN2CCN(c3ccc(C)cc3)C(C)C2)nc2ccccc2c1=O. The molecule has 5 rings (SSSR count). The van der Waals surface area contributed by atoms with Crippen molar-refractivity contribution in [3.8, 4) is 11.4 Å². The number of nitrogens with zero attached hydrogens (tertiary/aromatic N) is 4. The number of aromatic nitrogens is 2. The number of hydrogen-bond donors (Lipinski definition) is 0. The van der Waals surface area contributed by atoms with Gasteiger partial charge in [0, 0.05) is 31.4 Å². The second-order valence-corrected chi connectivity index (χ2v) is 8.97. The fourth-order valence-electron chi connectivity index (χ4n) is 4.84. The van der Waals surface area contributed by atoms with Crippen molar-refractivity contribution >= 4 is 16.6 Å². The highest BCUT2D eigenvalue weighted by Gasteiger charge is 2.26. The number of hydrogen-bond acceptors (Lipinski definition) is 5. The van der Waals surface area contributed by atoms with Gasteiger partial charge in [0.2, 0.25) is 0 Å². The highest BCUT2D eigenvalue weighted by atomic mass is 16.5. The summed E-state index contributed by atoms with van der Waals surface area (Å²) in [5.41, 5.74) is 3.89. The van der Waals surface area contributed by atoms with E-state index in [1.807, 2.05) is 48.5 Å². The molecule has 1 fully saturated rings. The second kappa shape index (κ2) is 9.31. The van der Waals surface area contributed by atoms with Crippen LogP contribution in [0.3, 0.4) is 0 Å². The average Bonchev–Trinajstić information content (AvgIpc) is 2.85. The summed E-state index contributed by atoms with van der Waals surface area (Å²) in [6.45, 7) is 7.67. The molecular formula is C28H30N4O2. The van der Waals surface area contributed by atoms with Crippen molar-refractivity contribution < 1.29 is 4.74 Å². The molecule has 34 heavy (non-hydrogen) atoms. The van der Waals surface area contributed by atoms with Crippen molar-refractivity contribution in [2.24, 2.45) is 0 Å². The molecule has 1 unspecified atom stereocenters. The van der Waals surface area contributed by atoms with E-state index in [9.17, 15) is 4.79 Å². The normalized spacial score (nSPS) is 16.7. The van der Waals surface area contributed by atoms with Gasteiger partial charge in [-0.25, -0.2) is 4.98 Å². The van der Waals surface area contributed by atoms with Gasteiger partial charge in [-0.15, -0.1) is 0 Å². The maximum absolute atomic E-state index is 13.6. The summed E-state index contributed by atoms with van der Waals surface area (Å²) < 4.78 is 7.31. The van der Waals surface area contributed by atoms with Crippen LogP contribution >= 0.6 is 0 Å². The lowest BCUT2D eigenvalue weighted by molar-refractivity contribution is 0.214. The topological polar surface area (TPSA) is 50.6 Å². The van der Waals surface area contributed by atoms with Crippen LogP contribution in [0, 0.1) is 6.92 Å². The van der Waals surface area contributed by atoms with Crippen molar-refractivity contribution in [2.75, 3.05) is 31.6 Å². The van der Waals surface area contributed by atoms with Crippen LogP contribution in [-0.2, 0) is 6.54 Å². The molecule has 1 aromatic heterocycles. The van der Waals surface area contributed by atoms with Crippen molar-refractivity contribution in [1.82, 2.24) is 14.5 Å². The van der Waals surface area contributed by atoms with E-state index < -0.39 is 0 Å². The van der Waals surface area contributed by atoms with E-state index in [0.717, 1.165) is 36.7 Å². The molecule has 174 valence electrons. The maximum Gasteiger partial charge on any atom is 0.266 e. The molecule has 1 aliphatic heterocycles. The van der Waals surface area contributed by atoms with Gasteiger partial charge < -0.3 is 9.64 Å². The Morgan fingerprint density at radius 3 is 2.47 bits per heavy atom. The summed E-state index contributed by atoms with van der Waals surface area (Å²) in [6, 6.07) is 24.3. The fourth-order valence-corrected chi connectivity index (χ4v) is 4.84. The largest absolute Gasteiger partial charge is 0.495 e. The highest BCUT2D eigenvalue weighted by molar-refractivity contribution is 5.78. The van der Waals surface area contributed by atoms with Gasteiger partial charge in [-0.05, 0) is 50.2 Å². The molecule has 4 aromatic rings. The smallest absolute Gasteiger partial charge is 0.266 e. The number of rotatable bonds is 5. The van der Waals surface area contributed by atoms with Crippen molar-refractivity contribution in [3.05, 3.63) is 94.5 Å². The summed E-state index contributed by atoms with van der Waals surface area (Å²) in [4.78, 5) is 23.4. The maximum atomic E-state index is 13.6. The molecule has 0 aliphatic carbocycles. The van der Waals surface area contributed by atoms with Gasteiger partial charge in [0.1, 0.15) is 11.6 Å². The van der Waals surface area contributed by atoms with Gasteiger partial charge in [-0.2, -0.15) is 0 Å². The molecule has 2 heterocycles. The third kappa shape index (κ3) is 4.17. The molecule has 3 aromatic carbocycles. The van der Waals surface area contributed by atoms with Gasteiger partial charge in [0.25, 0.3) is 5.56 Å². The predicted octanol–water partition coefficient (Wildman–Crippen LogP) is 4.41. The van der Waals surface area contributed by atoms with E-state index >= 15 is 0 Å². The first kappa shape index (κ1) is 22.2. The number of aryl methyl sites for hydroxylation is 1. The van der Waals surface area contributed by atoms with Crippen LogP contribution in [0.5, 0.6) is 5.75 Å². The number of piperazine rings is 1. The minimum absolute atomic E-state index is 0.0727. The van der Waals surface area contributed by atoms with Crippen LogP contribution in [0.2, 0.25) is 0 Å². The number of ether oxygens (including phenoxy) is 1. The number of fused-ring (bicyclic) bond motifs is 1. The lowest BCUT2D eigenvalue weighted by atomic mass is 10.1. The van der Waals surface area contributed by atoms with Crippen LogP contribution in [0.4, 0.5) is 5.69 Å². The molecule has 0 amide bonds. The van der Waals surface area contributed by atoms with Gasteiger partial charge in [0.15, 0.2) is 0 Å². The zero-order valence-corrected chi connectivity index (χ0v) is 19.9. The monoisotopic (exact) mass is 454 g/mol. The van der Waals surface area contributed by atoms with Gasteiger partial charge in [-0.1, -0.05) is 42.0 Å². The van der Waals surface area contributed by atoms with Crippen molar-refractivity contribution in [1.29, 1.82) is 0 Å². The molecule has 0 bridgehead atoms. The Balaban J connectivity index is 1.49. The second-order valence-electron chi connectivity index (χ2n) is 8.97. The quantitative estimate of drug-likeness (QED) is 0.447. The summed E-state index contributed by atoms with van der Waals surface area (Å²) in [7, 11) is 1.63. The van der Waals surface area contributed by atoms with E-state index in [2.05, 4.69) is 47.9 Å². The lowest BCUT2D eigenvalue weighted by Crippen LogP contribution is -2.52. The Morgan fingerprint density at radius 2 is 1.71 bits per heavy atom. The van der Waals surface area contributed by atoms with E-state index in [4.69, 9.17) is 9.72 Å². The van der Waals surface area contributed by atoms with E-state index in [1.54, 1.807) is 11.7 Å². The Hall–Kier alpha value is -3.64. The average molecular weight is 455 g/mol. The van der Waals surface area contributed by atoms with E-state index in [0.29, 0.717) is 23.7 Å². The fraction of sp³-hybridized carbons (Fsp3) is 0.286. The van der Waals surface area contributed by atoms with Gasteiger partial charge in [-0.3, -0.25) is 14.3 Å². The molecule has 1 saturated heterocycles. The van der Waals surface area contributed by atoms with Gasteiger partial charge in [0.05, 0.1) is 30.2 Å². The molecule has 0 saturated carbocycles. The third-order valence-corrected chi connectivity index (χ3v) is 6.61. The number of anilines is 1. The Kier molecular flexibility index (Phi) is 6.07. The number of para-hydroxylation sites is 3. The summed E-state index contributed by atoms with van der Waals surface area (Å²) in [6.07, 6.45) is 0. The van der Waals surface area contributed by atoms with Crippen LogP contribution < -0.4 is 15.2 Å². The molecule has 1 atom stereocenters. The zero-order valence-electron chi connectivity index (χ0n) is 19.9. The molecule has 1 aliphatic rings. The molecule has 6 heteroatoms. The first-order valence-electron chi connectivity index (χ1n) is 11.7. The summed E-state index contributed by atoms with van der Waals surface area (Å²) in [5, 5.41) is 0.606. The molecule has 0 radical (unpaired) electrons. The molecule has 6 nitrogen and oxygen atoms in total. The van der Waals surface area contributed by atoms with Crippen molar-refractivity contribution in [2.45, 2.75) is 26.4 Å². The predicted molar refractivity (Wildman–Crippen MR) is 137 cm³/mol. The number of methoxy groups -OCH3 is 1. The van der Waals surface area contributed by atoms with Crippen LogP contribution in [0.25, 0.3) is 16.6 Å². The van der Waals surface area contributed by atoms with Crippen molar-refractivity contribution in [3.63, 3.8) is 0 Å². The van der Waals surface area contributed by atoms with E-state index in [1.165, 1.54) is 11.3 Å². The molecule has 0 N–H and O–H groups in total. The first-order valence-corrected chi connectivity index (χ1v) is 11.7. The van der Waals surface area contributed by atoms with Gasteiger partial charge >= 0.3 is 0 Å². The zero-order chi connectivity index (χ0) is 23.7. The first-order chi connectivity index (χ1) is 16.5. The van der Waals surface area contributed by atoms with Crippen LogP contribution in [-0.4, -0.2) is 47.2 Å². The minimum Gasteiger partial charge on any atom is -0.495 e. The Labute approximate surface area is 200 Å². The Bertz CT molecular complexity index is 1360. The third-order valence-electron chi connectivity index (χ3n) is 6.61. The standard InChI is InChI=1S/C28H30N4O2/c1-20-12-14-22(15-13-20)31-17-16-30(18-21(31)2)19-27-29-24-9-5-4-8-23(24)28(33)32(27)25-10-6-7-11-26(25)34-3/h4-15,21H,16-19H2,1-3H3. The highest BCUT2D eigenvalue weighted by Crippen LogP contribution is 2.25. The van der Waals surface area contributed by atoms with Crippen LogP contribution in [0.1, 0.15) is 18.3 Å². The Morgan fingerprint density at radius 1 is 0.971 bits per heavy atom. The lowest BCUT2D eigenvalue weighted by Gasteiger charge is -2.41. The summed E-state index contributed by atoms with van der Waals surface area (Å²) >= 11 is 0. The minimum atomic E-state index is -0.0727.